The summed E-state index contributed by atoms with van der Waals surface area (Å²) in [7, 11) is 0. The fourth-order valence-corrected chi connectivity index (χ4v) is 6.93. The van der Waals surface area contributed by atoms with Crippen molar-refractivity contribution in [2.45, 2.75) is 115 Å². The Balaban J connectivity index is 1.45. The molecule has 14 heteroatoms. The van der Waals surface area contributed by atoms with Gasteiger partial charge in [-0.1, -0.05) is 37.1 Å². The molecule has 5 amide bonds. The van der Waals surface area contributed by atoms with Gasteiger partial charge in [-0.15, -0.1) is 0 Å². The molecule has 48 heavy (non-hydrogen) atoms. The number of carbonyl (C=O) groups is 6. The van der Waals surface area contributed by atoms with Gasteiger partial charge in [0.1, 0.15) is 29.6 Å². The Hall–Kier alpha value is -4.49. The van der Waals surface area contributed by atoms with Crippen molar-refractivity contribution >= 4 is 35.9 Å². The minimum absolute atomic E-state index is 0.0192. The van der Waals surface area contributed by atoms with Gasteiger partial charge in [-0.2, -0.15) is 0 Å². The lowest BCUT2D eigenvalue weighted by Crippen LogP contribution is -2.59. The van der Waals surface area contributed by atoms with E-state index in [4.69, 9.17) is 9.47 Å². The molecule has 1 saturated heterocycles. The summed E-state index contributed by atoms with van der Waals surface area (Å²) in [5, 5.41) is 12.9. The number of amides is 5. The smallest absolute Gasteiger partial charge is 0.410 e. The highest BCUT2D eigenvalue weighted by Crippen LogP contribution is 2.51. The summed E-state index contributed by atoms with van der Waals surface area (Å²) in [6.45, 7) is 5.98. The maximum atomic E-state index is 14.4. The number of halogens is 1. The van der Waals surface area contributed by atoms with Gasteiger partial charge in [0.05, 0.1) is 13.1 Å². The van der Waals surface area contributed by atoms with Crippen LogP contribution in [-0.4, -0.2) is 91.6 Å². The molecular weight excluding hydrogens is 627 g/mol. The van der Waals surface area contributed by atoms with Gasteiger partial charge in [0.15, 0.2) is 5.54 Å². The molecule has 3 aliphatic heterocycles. The Bertz CT molecular complexity index is 1520. The van der Waals surface area contributed by atoms with Crippen molar-refractivity contribution in [1.29, 1.82) is 0 Å². The normalized spacial score (nSPS) is 28.3. The molecule has 1 aliphatic carbocycles. The van der Waals surface area contributed by atoms with Crippen molar-refractivity contribution in [3.05, 3.63) is 47.3 Å². The van der Waals surface area contributed by atoms with E-state index in [9.17, 15) is 38.3 Å². The second kappa shape index (κ2) is 13.6. The second-order valence-electron chi connectivity index (χ2n) is 14.0. The van der Waals surface area contributed by atoms with Crippen LogP contribution in [-0.2, 0) is 41.7 Å². The molecule has 2 N–H and O–H groups in total. The van der Waals surface area contributed by atoms with Crippen LogP contribution in [0.1, 0.15) is 83.8 Å². The third kappa shape index (κ3) is 7.16. The molecule has 3 heterocycles. The summed E-state index contributed by atoms with van der Waals surface area (Å²) in [6.07, 6.45) is 3.61. The van der Waals surface area contributed by atoms with Crippen molar-refractivity contribution in [2.75, 3.05) is 6.54 Å². The first kappa shape index (κ1) is 34.8. The van der Waals surface area contributed by atoms with Crippen LogP contribution < -0.4 is 5.32 Å². The molecule has 260 valence electrons. The summed E-state index contributed by atoms with van der Waals surface area (Å²) < 4.78 is 25.5. The van der Waals surface area contributed by atoms with E-state index in [2.05, 4.69) is 5.32 Å². The first-order chi connectivity index (χ1) is 22.6. The molecule has 1 saturated carbocycles. The third-order valence-electron chi connectivity index (χ3n) is 9.29. The number of nitrogens with zero attached hydrogens (tertiary/aromatic N) is 3. The highest BCUT2D eigenvalue weighted by atomic mass is 19.1. The lowest BCUT2D eigenvalue weighted by Gasteiger charge is -2.34. The molecule has 0 radical (unpaired) electrons. The minimum atomic E-state index is -1.82. The molecule has 1 aromatic carbocycles. The Morgan fingerprint density at radius 3 is 2.48 bits per heavy atom. The molecule has 13 nitrogen and oxygen atoms in total. The summed E-state index contributed by atoms with van der Waals surface area (Å²) in [4.78, 5) is 83.6. The van der Waals surface area contributed by atoms with Crippen LogP contribution in [0, 0.1) is 11.7 Å². The molecule has 0 aromatic heterocycles. The number of nitrogens with one attached hydrogen (secondary N) is 1. The van der Waals surface area contributed by atoms with Crippen LogP contribution in [0.15, 0.2) is 30.4 Å². The van der Waals surface area contributed by atoms with E-state index in [1.54, 1.807) is 39.0 Å². The first-order valence-corrected chi connectivity index (χ1v) is 16.4. The number of benzene rings is 1. The Morgan fingerprint density at radius 1 is 1.06 bits per heavy atom. The van der Waals surface area contributed by atoms with Crippen LogP contribution in [0.4, 0.5) is 14.0 Å². The number of rotatable bonds is 3. The molecule has 5 rings (SSSR count). The number of carbonyl (C=O) groups excluding carboxylic acids is 5. The highest BCUT2D eigenvalue weighted by molar-refractivity contribution is 6.05. The average Bonchev–Trinajstić information content (AvgIpc) is 3.31. The van der Waals surface area contributed by atoms with Gasteiger partial charge in [-0.3, -0.25) is 24.2 Å². The molecule has 0 bridgehead atoms. The maximum Gasteiger partial charge on any atom is 0.410 e. The van der Waals surface area contributed by atoms with Crippen LogP contribution in [0.25, 0.3) is 0 Å². The van der Waals surface area contributed by atoms with E-state index in [0.717, 1.165) is 18.2 Å². The monoisotopic (exact) mass is 670 g/mol. The van der Waals surface area contributed by atoms with E-state index >= 15 is 0 Å². The minimum Gasteiger partial charge on any atom is -0.479 e. The largest absolute Gasteiger partial charge is 0.479 e. The van der Waals surface area contributed by atoms with Gasteiger partial charge >= 0.3 is 18.2 Å². The fourth-order valence-electron chi connectivity index (χ4n) is 6.93. The van der Waals surface area contributed by atoms with E-state index in [1.807, 2.05) is 6.08 Å². The molecule has 2 fully saturated rings. The van der Waals surface area contributed by atoms with E-state index < -0.39 is 76.9 Å². The van der Waals surface area contributed by atoms with Gasteiger partial charge in [-0.25, -0.2) is 18.8 Å². The highest BCUT2D eigenvalue weighted by Gasteiger charge is 2.67. The lowest BCUT2D eigenvalue weighted by molar-refractivity contribution is -0.163. The number of hydrogen-bond acceptors (Lipinski definition) is 8. The molecular formula is C34H43FN4O9. The predicted octanol–water partition coefficient (Wildman–Crippen LogP) is 3.88. The van der Waals surface area contributed by atoms with Crippen molar-refractivity contribution in [1.82, 2.24) is 20.0 Å². The molecule has 1 aromatic rings. The zero-order valence-electron chi connectivity index (χ0n) is 27.7. The zero-order valence-corrected chi connectivity index (χ0v) is 27.7. The topological polar surface area (TPSA) is 163 Å². The number of ether oxygens (including phenoxy) is 2. The van der Waals surface area contributed by atoms with Gasteiger partial charge in [0.25, 0.3) is 5.91 Å². The Labute approximate surface area is 278 Å². The molecule has 0 spiro atoms. The van der Waals surface area contributed by atoms with Gasteiger partial charge < -0.3 is 24.8 Å². The third-order valence-corrected chi connectivity index (χ3v) is 9.29. The number of hydrogen-bond donors (Lipinski definition) is 2. The number of allylic oxidation sites excluding steroid dienone is 1. The summed E-state index contributed by atoms with van der Waals surface area (Å²) in [5.74, 6) is -4.74. The van der Waals surface area contributed by atoms with Gasteiger partial charge in [0.2, 0.25) is 11.8 Å². The van der Waals surface area contributed by atoms with Crippen LogP contribution in [0.2, 0.25) is 0 Å². The first-order valence-electron chi connectivity index (χ1n) is 16.4. The standard InChI is InChI=1S/C34H43FN4O9/c1-20(40)39-29(42)27-15-23(47-32(46)37-17-21-11-10-13-25(35)24(21)19-37)18-38(27)28(41)26(36-31(45)48-33(2,3)4)14-9-7-5-6-8-12-22-16-34(22,39)30(43)44/h8,10-13,22-23,26-27H,5-7,9,14-19H2,1-4H3,(H,36,45)(H,43,44)/b12-8-/t22-,23-,26+,27+,34-/m1/s1. The number of fused-ring (bicyclic) bond motifs is 3. The SMILES string of the molecule is CC(=O)N1C(=O)[C@@H]2C[C@@H](OC(=O)N3Cc4cccc(F)c4C3)CN2C(=O)[C@@H](NC(=O)OC(C)(C)C)CCCCC/C=C\[C@@H]2C[C@]21C(=O)O. The van der Waals surface area contributed by atoms with Crippen molar-refractivity contribution in [3.63, 3.8) is 0 Å². The van der Waals surface area contributed by atoms with E-state index in [-0.39, 0.29) is 38.9 Å². The number of alkyl carbamates (subject to hydrolysis) is 1. The summed E-state index contributed by atoms with van der Waals surface area (Å²) in [5.41, 5.74) is -1.66. The number of aliphatic carboxylic acids is 1. The molecule has 5 atom stereocenters. The van der Waals surface area contributed by atoms with Crippen LogP contribution >= 0.6 is 0 Å². The van der Waals surface area contributed by atoms with Gasteiger partial charge in [-0.05, 0) is 58.1 Å². The Kier molecular flexibility index (Phi) is 9.84. The van der Waals surface area contributed by atoms with Gasteiger partial charge in [0, 0.05) is 31.4 Å². The summed E-state index contributed by atoms with van der Waals surface area (Å²) >= 11 is 0. The van der Waals surface area contributed by atoms with Crippen molar-refractivity contribution < 1.29 is 47.7 Å². The molecule has 4 aliphatic rings. The van der Waals surface area contributed by atoms with Crippen LogP contribution in [0.5, 0.6) is 0 Å². The van der Waals surface area contributed by atoms with E-state index in [1.165, 1.54) is 15.9 Å². The molecule has 0 unspecified atom stereocenters. The van der Waals surface area contributed by atoms with Crippen molar-refractivity contribution in [2.24, 2.45) is 5.92 Å². The fraction of sp³-hybridized carbons (Fsp3) is 0.588. The number of carboxylic acid groups (broad SMARTS) is 1. The summed E-state index contributed by atoms with van der Waals surface area (Å²) in [6, 6.07) is 2.08. The number of imide groups is 1. The van der Waals surface area contributed by atoms with Crippen molar-refractivity contribution in [3.8, 4) is 0 Å². The zero-order chi connectivity index (χ0) is 35.0. The second-order valence-corrected chi connectivity index (χ2v) is 14.0. The van der Waals surface area contributed by atoms with E-state index in [0.29, 0.717) is 30.4 Å². The Morgan fingerprint density at radius 2 is 1.81 bits per heavy atom. The van der Waals surface area contributed by atoms with Crippen LogP contribution in [0.3, 0.4) is 0 Å². The maximum absolute atomic E-state index is 14.4. The predicted molar refractivity (Wildman–Crippen MR) is 167 cm³/mol. The number of carboxylic acids is 1. The lowest BCUT2D eigenvalue weighted by atomic mass is 10.0. The average molecular weight is 671 g/mol. The quantitative estimate of drug-likeness (QED) is 0.455.